The predicted molar refractivity (Wildman–Crippen MR) is 96.9 cm³/mol. The van der Waals surface area contributed by atoms with Crippen molar-refractivity contribution in [3.05, 3.63) is 68.0 Å². The number of imide groups is 1. The van der Waals surface area contributed by atoms with Crippen LogP contribution in [-0.4, -0.2) is 11.8 Å². The van der Waals surface area contributed by atoms with Gasteiger partial charge in [-0.15, -0.1) is 0 Å². The molecular weight excluding hydrogens is 413 g/mol. The van der Waals surface area contributed by atoms with Crippen molar-refractivity contribution in [3.63, 3.8) is 0 Å². The Hall–Kier alpha value is -1.79. The number of halogens is 5. The first kappa shape index (κ1) is 18.0. The van der Waals surface area contributed by atoms with Crippen molar-refractivity contribution >= 4 is 69.6 Å². The van der Waals surface area contributed by atoms with E-state index in [1.807, 2.05) is 0 Å². The van der Waals surface area contributed by atoms with E-state index in [1.54, 1.807) is 6.07 Å². The maximum absolute atomic E-state index is 13.3. The van der Waals surface area contributed by atoms with Crippen LogP contribution >= 0.6 is 46.4 Å². The molecule has 0 aromatic heterocycles. The van der Waals surface area contributed by atoms with Crippen LogP contribution in [-0.2, 0) is 9.59 Å². The zero-order valence-electron chi connectivity index (χ0n) is 12.1. The van der Waals surface area contributed by atoms with Crippen molar-refractivity contribution in [1.82, 2.24) is 0 Å². The number of benzene rings is 2. The van der Waals surface area contributed by atoms with Crippen LogP contribution in [0, 0.1) is 5.82 Å². The van der Waals surface area contributed by atoms with Crippen LogP contribution in [0.2, 0.25) is 15.1 Å². The van der Waals surface area contributed by atoms with E-state index >= 15 is 0 Å². The lowest BCUT2D eigenvalue weighted by molar-refractivity contribution is -0.120. The minimum absolute atomic E-state index is 0.102. The molecule has 0 unspecified atom stereocenters. The molecule has 25 heavy (non-hydrogen) atoms. The molecule has 2 aromatic carbocycles. The Morgan fingerprint density at radius 3 is 2.20 bits per heavy atom. The molecule has 128 valence electrons. The summed E-state index contributed by atoms with van der Waals surface area (Å²) < 4.78 is 13.3. The third-order valence-electron chi connectivity index (χ3n) is 3.38. The maximum Gasteiger partial charge on any atom is 0.283 e. The number of anilines is 2. The molecule has 0 saturated heterocycles. The minimum Gasteiger partial charge on any atom is -0.350 e. The van der Waals surface area contributed by atoms with Crippen molar-refractivity contribution in [2.45, 2.75) is 0 Å². The number of carbonyl (C=O) groups excluding carboxylic acids is 2. The van der Waals surface area contributed by atoms with Crippen LogP contribution in [0.4, 0.5) is 15.8 Å². The summed E-state index contributed by atoms with van der Waals surface area (Å²) in [6.45, 7) is 0. The maximum atomic E-state index is 13.3. The fraction of sp³-hybridized carbons (Fsp3) is 0. The molecule has 2 amide bonds. The van der Waals surface area contributed by atoms with Gasteiger partial charge in [-0.1, -0.05) is 46.4 Å². The summed E-state index contributed by atoms with van der Waals surface area (Å²) in [5.41, 5.74) is 0.388. The van der Waals surface area contributed by atoms with E-state index in [0.29, 0.717) is 10.7 Å². The Kier molecular flexibility index (Phi) is 4.93. The van der Waals surface area contributed by atoms with Crippen LogP contribution in [0.15, 0.2) is 47.1 Å². The standard InChI is InChI=1S/C16H7Cl4FN2O2/c17-9-3-1-7(5-10(9)18)22-14-13(20)15(24)23(16(14)25)8-2-4-12(21)11(19)6-8/h1-6,22H. The lowest BCUT2D eigenvalue weighted by atomic mass is 10.2. The second-order valence-corrected chi connectivity index (χ2v) is 6.59. The van der Waals surface area contributed by atoms with E-state index in [0.717, 1.165) is 11.0 Å². The summed E-state index contributed by atoms with van der Waals surface area (Å²) in [5.74, 6) is -2.13. The molecular formula is C16H7Cl4FN2O2. The number of nitrogens with zero attached hydrogens (tertiary/aromatic N) is 1. The molecule has 4 nitrogen and oxygen atoms in total. The van der Waals surface area contributed by atoms with Crippen LogP contribution in [0.5, 0.6) is 0 Å². The first-order valence-corrected chi connectivity index (χ1v) is 8.26. The van der Waals surface area contributed by atoms with Crippen molar-refractivity contribution in [1.29, 1.82) is 0 Å². The molecule has 0 bridgehead atoms. The number of carbonyl (C=O) groups is 2. The summed E-state index contributed by atoms with van der Waals surface area (Å²) in [6.07, 6.45) is 0. The molecule has 1 N–H and O–H groups in total. The van der Waals surface area contributed by atoms with E-state index in [9.17, 15) is 14.0 Å². The third-order valence-corrected chi connectivity index (χ3v) is 4.76. The van der Waals surface area contributed by atoms with E-state index in [4.69, 9.17) is 46.4 Å². The molecule has 3 rings (SSSR count). The van der Waals surface area contributed by atoms with Gasteiger partial charge in [0, 0.05) is 5.69 Å². The van der Waals surface area contributed by atoms with Gasteiger partial charge in [0.2, 0.25) is 0 Å². The quantitative estimate of drug-likeness (QED) is 0.693. The highest BCUT2D eigenvalue weighted by Crippen LogP contribution is 2.33. The highest BCUT2D eigenvalue weighted by atomic mass is 35.5. The fourth-order valence-corrected chi connectivity index (χ4v) is 2.87. The van der Waals surface area contributed by atoms with E-state index in [1.165, 1.54) is 24.3 Å². The van der Waals surface area contributed by atoms with Crippen molar-refractivity contribution in [3.8, 4) is 0 Å². The van der Waals surface area contributed by atoms with E-state index in [2.05, 4.69) is 5.32 Å². The molecule has 0 spiro atoms. The van der Waals surface area contributed by atoms with Crippen LogP contribution < -0.4 is 10.2 Å². The normalized spacial score (nSPS) is 14.5. The summed E-state index contributed by atoms with van der Waals surface area (Å²) in [4.78, 5) is 25.7. The van der Waals surface area contributed by atoms with Crippen molar-refractivity contribution < 1.29 is 14.0 Å². The second kappa shape index (κ2) is 6.84. The minimum atomic E-state index is -0.753. The van der Waals surface area contributed by atoms with Crippen LogP contribution in [0.3, 0.4) is 0 Å². The van der Waals surface area contributed by atoms with Crippen molar-refractivity contribution in [2.24, 2.45) is 0 Å². The number of amides is 2. The van der Waals surface area contributed by atoms with Gasteiger partial charge >= 0.3 is 0 Å². The molecule has 1 heterocycles. The Morgan fingerprint density at radius 1 is 0.840 bits per heavy atom. The lowest BCUT2D eigenvalue weighted by Gasteiger charge is -2.15. The van der Waals surface area contributed by atoms with Gasteiger partial charge in [-0.2, -0.15) is 0 Å². The smallest absolute Gasteiger partial charge is 0.283 e. The summed E-state index contributed by atoms with van der Waals surface area (Å²) in [6, 6.07) is 8.05. The SMILES string of the molecule is O=C1C(Cl)=C(Nc2ccc(Cl)c(Cl)c2)C(=O)N1c1ccc(F)c(Cl)c1. The first-order chi connectivity index (χ1) is 11.8. The summed E-state index contributed by atoms with van der Waals surface area (Å²) >= 11 is 23.5. The Balaban J connectivity index is 1.93. The highest BCUT2D eigenvalue weighted by molar-refractivity contribution is 6.53. The van der Waals surface area contributed by atoms with Gasteiger partial charge in [-0.25, -0.2) is 9.29 Å². The Labute approximate surface area is 161 Å². The van der Waals surface area contributed by atoms with Crippen molar-refractivity contribution in [2.75, 3.05) is 10.2 Å². The second-order valence-electron chi connectivity index (χ2n) is 4.99. The number of rotatable bonds is 3. The van der Waals surface area contributed by atoms with Crippen LogP contribution in [0.1, 0.15) is 0 Å². The van der Waals surface area contributed by atoms with Gasteiger partial charge in [-0.3, -0.25) is 9.59 Å². The zero-order chi connectivity index (χ0) is 18.3. The first-order valence-electron chi connectivity index (χ1n) is 6.75. The number of nitrogens with one attached hydrogen (secondary N) is 1. The molecule has 1 aliphatic rings. The van der Waals surface area contributed by atoms with E-state index in [-0.39, 0.29) is 26.5 Å². The Morgan fingerprint density at radius 2 is 1.56 bits per heavy atom. The van der Waals surface area contributed by atoms with Gasteiger partial charge in [0.25, 0.3) is 11.8 Å². The zero-order valence-corrected chi connectivity index (χ0v) is 15.1. The van der Waals surface area contributed by atoms with Crippen LogP contribution in [0.25, 0.3) is 0 Å². The fourth-order valence-electron chi connectivity index (χ4n) is 2.19. The lowest BCUT2D eigenvalue weighted by Crippen LogP contribution is -2.32. The summed E-state index contributed by atoms with van der Waals surface area (Å²) in [5, 5.41) is 2.82. The van der Waals surface area contributed by atoms with Gasteiger partial charge in [-0.05, 0) is 36.4 Å². The molecule has 0 atom stereocenters. The number of hydrogen-bond acceptors (Lipinski definition) is 3. The number of hydrogen-bond donors (Lipinski definition) is 1. The largest absolute Gasteiger partial charge is 0.350 e. The highest BCUT2D eigenvalue weighted by Gasteiger charge is 2.39. The topological polar surface area (TPSA) is 49.4 Å². The molecule has 1 aliphatic heterocycles. The molecule has 0 fully saturated rings. The summed E-state index contributed by atoms with van der Waals surface area (Å²) in [7, 11) is 0. The molecule has 2 aromatic rings. The third kappa shape index (κ3) is 3.33. The average molecular weight is 420 g/mol. The van der Waals surface area contributed by atoms with Gasteiger partial charge in [0.1, 0.15) is 16.5 Å². The molecule has 0 aliphatic carbocycles. The van der Waals surface area contributed by atoms with E-state index < -0.39 is 17.6 Å². The predicted octanol–water partition coefficient (Wildman–Crippen LogP) is 5.22. The molecule has 0 radical (unpaired) electrons. The van der Waals surface area contributed by atoms with Gasteiger partial charge in [0.15, 0.2) is 0 Å². The Bertz CT molecular complexity index is 946. The molecule has 0 saturated carbocycles. The van der Waals surface area contributed by atoms with Gasteiger partial charge < -0.3 is 5.32 Å². The molecule has 9 heteroatoms. The monoisotopic (exact) mass is 418 g/mol. The van der Waals surface area contributed by atoms with Gasteiger partial charge in [0.05, 0.1) is 20.8 Å². The average Bonchev–Trinajstić information content (AvgIpc) is 2.77.